The van der Waals surface area contributed by atoms with Crippen LogP contribution in [-0.4, -0.2) is 43.8 Å². The molecule has 2 amide bonds. The lowest BCUT2D eigenvalue weighted by Gasteiger charge is -2.26. The number of hydrogen-bond donors (Lipinski definition) is 2. The molecule has 0 saturated carbocycles. The first kappa shape index (κ1) is 29.0. The summed E-state index contributed by atoms with van der Waals surface area (Å²) >= 11 is 0. The second-order valence-electron chi connectivity index (χ2n) is 8.27. The van der Waals surface area contributed by atoms with Gasteiger partial charge in [-0.1, -0.05) is 52.4 Å². The number of alkyl carbamates (subject to hydrolysis) is 1. The van der Waals surface area contributed by atoms with Crippen molar-refractivity contribution in [2.45, 2.75) is 77.7 Å². The fraction of sp³-hybridized carbons (Fsp3) is 0.577. The Bertz CT molecular complexity index is 778. The van der Waals surface area contributed by atoms with Crippen LogP contribution in [0.25, 0.3) is 0 Å². The van der Waals surface area contributed by atoms with Gasteiger partial charge in [-0.2, -0.15) is 0 Å². The Morgan fingerprint density at radius 2 is 1.56 bits per heavy atom. The van der Waals surface area contributed by atoms with E-state index >= 15 is 0 Å². The summed E-state index contributed by atoms with van der Waals surface area (Å²) in [4.78, 5) is 36.7. The SMILES string of the molecule is CCCCCCCCOc1ccc(NC(=O)[C@](C)(/C=C/C(=O)OC)NC(=O)OCCCC)cc1. The van der Waals surface area contributed by atoms with Gasteiger partial charge in [0, 0.05) is 11.8 Å². The molecule has 0 bridgehead atoms. The minimum atomic E-state index is -1.54. The van der Waals surface area contributed by atoms with Crippen molar-refractivity contribution < 1.29 is 28.6 Å². The Hall–Kier alpha value is -3.03. The summed E-state index contributed by atoms with van der Waals surface area (Å²) in [5.74, 6) is -0.467. The predicted molar refractivity (Wildman–Crippen MR) is 133 cm³/mol. The van der Waals surface area contributed by atoms with E-state index in [1.807, 2.05) is 6.92 Å². The number of unbranched alkanes of at least 4 members (excludes halogenated alkanes) is 6. The zero-order valence-corrected chi connectivity index (χ0v) is 21.0. The molecular weight excluding hydrogens is 436 g/mol. The van der Waals surface area contributed by atoms with Crippen LogP contribution in [0, 0.1) is 0 Å². The molecule has 8 heteroatoms. The molecule has 0 saturated heterocycles. The van der Waals surface area contributed by atoms with Gasteiger partial charge < -0.3 is 24.8 Å². The van der Waals surface area contributed by atoms with E-state index in [0.29, 0.717) is 18.7 Å². The first-order chi connectivity index (χ1) is 16.3. The highest BCUT2D eigenvalue weighted by molar-refractivity contribution is 6.02. The number of rotatable bonds is 16. The predicted octanol–water partition coefficient (Wildman–Crippen LogP) is 5.38. The van der Waals surface area contributed by atoms with Crippen molar-refractivity contribution >= 4 is 23.7 Å². The van der Waals surface area contributed by atoms with Crippen molar-refractivity contribution in [3.63, 3.8) is 0 Å². The molecule has 0 heterocycles. The third-order valence-electron chi connectivity index (χ3n) is 5.20. The van der Waals surface area contributed by atoms with Gasteiger partial charge >= 0.3 is 12.1 Å². The molecular formula is C26H40N2O6. The van der Waals surface area contributed by atoms with E-state index in [9.17, 15) is 14.4 Å². The molecule has 34 heavy (non-hydrogen) atoms. The van der Waals surface area contributed by atoms with Crippen molar-refractivity contribution in [1.29, 1.82) is 0 Å². The fourth-order valence-corrected chi connectivity index (χ4v) is 3.00. The fourth-order valence-electron chi connectivity index (χ4n) is 3.00. The van der Waals surface area contributed by atoms with Crippen LogP contribution in [0.4, 0.5) is 10.5 Å². The van der Waals surface area contributed by atoms with Crippen molar-refractivity contribution in [1.82, 2.24) is 5.32 Å². The maximum absolute atomic E-state index is 13.0. The number of nitrogens with one attached hydrogen (secondary N) is 2. The zero-order valence-electron chi connectivity index (χ0n) is 21.0. The molecule has 0 aliphatic carbocycles. The maximum atomic E-state index is 13.0. The molecule has 1 rings (SSSR count). The molecule has 0 fully saturated rings. The molecule has 0 radical (unpaired) electrons. The van der Waals surface area contributed by atoms with Gasteiger partial charge in [-0.3, -0.25) is 4.79 Å². The number of anilines is 1. The second-order valence-corrected chi connectivity index (χ2v) is 8.27. The molecule has 0 aromatic heterocycles. The van der Waals surface area contributed by atoms with Gasteiger partial charge in [0.05, 0.1) is 20.3 Å². The Balaban J connectivity index is 2.69. The summed E-state index contributed by atoms with van der Waals surface area (Å²) in [6.45, 7) is 6.54. The molecule has 0 unspecified atom stereocenters. The average molecular weight is 477 g/mol. The van der Waals surface area contributed by atoms with Crippen LogP contribution in [0.5, 0.6) is 5.75 Å². The normalized spacial score (nSPS) is 12.6. The van der Waals surface area contributed by atoms with Crippen molar-refractivity contribution in [3.05, 3.63) is 36.4 Å². The molecule has 8 nitrogen and oxygen atoms in total. The first-order valence-electron chi connectivity index (χ1n) is 12.1. The van der Waals surface area contributed by atoms with Gasteiger partial charge in [-0.15, -0.1) is 0 Å². The number of methoxy groups -OCH3 is 1. The van der Waals surface area contributed by atoms with Crippen LogP contribution in [0.1, 0.15) is 72.1 Å². The molecule has 1 atom stereocenters. The third-order valence-corrected chi connectivity index (χ3v) is 5.20. The summed E-state index contributed by atoms with van der Waals surface area (Å²) in [5, 5.41) is 5.28. The van der Waals surface area contributed by atoms with E-state index in [2.05, 4.69) is 22.3 Å². The van der Waals surface area contributed by atoms with Gasteiger partial charge in [0.25, 0.3) is 5.91 Å². The number of amides is 2. The number of benzene rings is 1. The number of carbonyl (C=O) groups excluding carboxylic acids is 3. The van der Waals surface area contributed by atoms with Crippen LogP contribution in [0.2, 0.25) is 0 Å². The van der Waals surface area contributed by atoms with E-state index in [1.54, 1.807) is 24.3 Å². The Morgan fingerprint density at radius 1 is 0.912 bits per heavy atom. The van der Waals surface area contributed by atoms with Crippen molar-refractivity contribution in [2.75, 3.05) is 25.6 Å². The Labute approximate surface area is 203 Å². The van der Waals surface area contributed by atoms with Crippen LogP contribution >= 0.6 is 0 Å². The summed E-state index contributed by atoms with van der Waals surface area (Å²) in [5.41, 5.74) is -1.01. The van der Waals surface area contributed by atoms with E-state index < -0.39 is 23.5 Å². The van der Waals surface area contributed by atoms with Crippen molar-refractivity contribution in [3.8, 4) is 5.75 Å². The molecule has 0 spiro atoms. The standard InChI is InChI=1S/C26H40N2O6/c1-5-7-9-10-11-12-20-33-22-15-13-21(14-16-22)27-24(30)26(3,18-17-23(29)32-4)28-25(31)34-19-8-6-2/h13-18H,5-12,19-20H2,1-4H3,(H,27,30)(H,28,31)/b18-17+/t26-/m0/s1. The molecule has 1 aromatic rings. The number of esters is 1. The highest BCUT2D eigenvalue weighted by atomic mass is 16.5. The quantitative estimate of drug-likeness (QED) is 0.189. The smallest absolute Gasteiger partial charge is 0.408 e. The van der Waals surface area contributed by atoms with E-state index in [4.69, 9.17) is 9.47 Å². The summed E-state index contributed by atoms with van der Waals surface area (Å²) in [7, 11) is 1.23. The largest absolute Gasteiger partial charge is 0.494 e. The van der Waals surface area contributed by atoms with Gasteiger partial charge in [-0.05, 0) is 50.1 Å². The van der Waals surface area contributed by atoms with Crippen LogP contribution in [0.3, 0.4) is 0 Å². The summed E-state index contributed by atoms with van der Waals surface area (Å²) in [6, 6.07) is 7.00. The van der Waals surface area contributed by atoms with Gasteiger partial charge in [0.1, 0.15) is 11.3 Å². The first-order valence-corrected chi connectivity index (χ1v) is 12.1. The van der Waals surface area contributed by atoms with Crippen LogP contribution < -0.4 is 15.4 Å². The second kappa shape index (κ2) is 16.6. The molecule has 2 N–H and O–H groups in total. The lowest BCUT2D eigenvalue weighted by Crippen LogP contribution is -2.53. The van der Waals surface area contributed by atoms with Crippen LogP contribution in [-0.2, 0) is 19.1 Å². The molecule has 0 aliphatic rings. The lowest BCUT2D eigenvalue weighted by molar-refractivity contribution is -0.134. The monoisotopic (exact) mass is 476 g/mol. The number of ether oxygens (including phenoxy) is 3. The highest BCUT2D eigenvalue weighted by Crippen LogP contribution is 2.19. The number of hydrogen-bond acceptors (Lipinski definition) is 6. The molecule has 190 valence electrons. The minimum Gasteiger partial charge on any atom is -0.494 e. The minimum absolute atomic E-state index is 0.237. The summed E-state index contributed by atoms with van der Waals surface area (Å²) < 4.78 is 15.5. The van der Waals surface area contributed by atoms with E-state index in [0.717, 1.165) is 31.1 Å². The highest BCUT2D eigenvalue weighted by Gasteiger charge is 2.33. The topological polar surface area (TPSA) is 103 Å². The average Bonchev–Trinajstić information content (AvgIpc) is 2.83. The van der Waals surface area contributed by atoms with Gasteiger partial charge in [0.2, 0.25) is 0 Å². The zero-order chi connectivity index (χ0) is 25.2. The van der Waals surface area contributed by atoms with Gasteiger partial charge in [0.15, 0.2) is 0 Å². The number of carbonyl (C=O) groups is 3. The Morgan fingerprint density at radius 3 is 2.21 bits per heavy atom. The van der Waals surface area contributed by atoms with Crippen molar-refractivity contribution in [2.24, 2.45) is 0 Å². The Kier molecular flexibility index (Phi) is 14.1. The molecule has 1 aromatic carbocycles. The third kappa shape index (κ3) is 11.7. The van der Waals surface area contributed by atoms with E-state index in [-0.39, 0.29) is 6.61 Å². The summed E-state index contributed by atoms with van der Waals surface area (Å²) in [6.07, 6.45) is 10.4. The van der Waals surface area contributed by atoms with Gasteiger partial charge in [-0.25, -0.2) is 9.59 Å². The maximum Gasteiger partial charge on any atom is 0.408 e. The van der Waals surface area contributed by atoms with Crippen LogP contribution in [0.15, 0.2) is 36.4 Å². The van der Waals surface area contributed by atoms with E-state index in [1.165, 1.54) is 45.8 Å². The lowest BCUT2D eigenvalue weighted by atomic mass is 10.0. The molecule has 0 aliphatic heterocycles.